The second-order valence-electron chi connectivity index (χ2n) is 8.06. The molecule has 1 saturated carbocycles. The summed E-state index contributed by atoms with van der Waals surface area (Å²) in [5, 5.41) is 16.4. The fourth-order valence-corrected chi connectivity index (χ4v) is 3.78. The minimum absolute atomic E-state index is 0.0206. The quantitative estimate of drug-likeness (QED) is 0.890. The zero-order valence-corrected chi connectivity index (χ0v) is 14.3. The molecule has 1 aliphatic heterocycles. The Kier molecular flexibility index (Phi) is 4.23. The highest BCUT2D eigenvalue weighted by Crippen LogP contribution is 2.41. The van der Waals surface area contributed by atoms with E-state index in [1.807, 2.05) is 6.20 Å². The Labute approximate surface area is 137 Å². The maximum Gasteiger partial charge on any atom is 0.306 e. The minimum atomic E-state index is -0.787. The molecule has 2 aliphatic rings. The van der Waals surface area contributed by atoms with E-state index >= 15 is 0 Å². The summed E-state index contributed by atoms with van der Waals surface area (Å²) in [5.74, 6) is -0.787. The highest BCUT2D eigenvalue weighted by atomic mass is 16.5. The van der Waals surface area contributed by atoms with Gasteiger partial charge < -0.3 is 9.84 Å². The number of carboxylic acid groups (broad SMARTS) is 1. The number of carbonyl (C=O) groups is 1. The van der Waals surface area contributed by atoms with Crippen molar-refractivity contribution in [2.45, 2.75) is 70.1 Å². The molecule has 128 valence electrons. The first-order valence-electron chi connectivity index (χ1n) is 8.42. The fourth-order valence-electron chi connectivity index (χ4n) is 3.78. The molecular formula is C17H27N3O3. The van der Waals surface area contributed by atoms with Gasteiger partial charge in [-0.2, -0.15) is 5.10 Å². The Morgan fingerprint density at radius 2 is 2.26 bits per heavy atom. The third kappa shape index (κ3) is 3.58. The van der Waals surface area contributed by atoms with Crippen LogP contribution in [0.3, 0.4) is 0 Å². The van der Waals surface area contributed by atoms with E-state index in [4.69, 9.17) is 9.84 Å². The fraction of sp³-hybridized carbons (Fsp3) is 0.765. The maximum absolute atomic E-state index is 11.1. The van der Waals surface area contributed by atoms with Crippen molar-refractivity contribution in [3.05, 3.63) is 17.5 Å². The highest BCUT2D eigenvalue weighted by molar-refractivity contribution is 5.67. The number of aromatic nitrogens is 2. The number of carboxylic acids is 1. The van der Waals surface area contributed by atoms with Crippen molar-refractivity contribution < 1.29 is 14.6 Å². The first-order chi connectivity index (χ1) is 10.8. The summed E-state index contributed by atoms with van der Waals surface area (Å²) in [5.41, 5.74) is 2.25. The van der Waals surface area contributed by atoms with Gasteiger partial charge in [-0.15, -0.1) is 0 Å². The van der Waals surface area contributed by atoms with Gasteiger partial charge in [-0.3, -0.25) is 14.8 Å². The summed E-state index contributed by atoms with van der Waals surface area (Å²) in [6, 6.07) is 0. The van der Waals surface area contributed by atoms with Gasteiger partial charge >= 0.3 is 5.97 Å². The van der Waals surface area contributed by atoms with E-state index in [2.05, 4.69) is 35.9 Å². The monoisotopic (exact) mass is 321 g/mol. The lowest BCUT2D eigenvalue weighted by Crippen LogP contribution is -2.58. The zero-order valence-electron chi connectivity index (χ0n) is 14.3. The molecule has 1 aromatic heterocycles. The number of aromatic amines is 1. The van der Waals surface area contributed by atoms with Crippen molar-refractivity contribution in [3.8, 4) is 0 Å². The molecule has 0 aromatic carbocycles. The Morgan fingerprint density at radius 3 is 2.83 bits per heavy atom. The summed E-state index contributed by atoms with van der Waals surface area (Å²) >= 11 is 0. The van der Waals surface area contributed by atoms with Crippen molar-refractivity contribution in [1.82, 2.24) is 15.1 Å². The van der Waals surface area contributed by atoms with Gasteiger partial charge in [-0.25, -0.2) is 0 Å². The normalized spacial score (nSPS) is 24.6. The average Bonchev–Trinajstić information content (AvgIpc) is 2.83. The molecule has 1 aromatic rings. The number of nitrogens with one attached hydrogen (secondary N) is 1. The van der Waals surface area contributed by atoms with Crippen LogP contribution in [0.1, 0.15) is 57.7 Å². The van der Waals surface area contributed by atoms with Crippen molar-refractivity contribution in [2.24, 2.45) is 0 Å². The van der Waals surface area contributed by atoms with E-state index in [1.54, 1.807) is 0 Å². The van der Waals surface area contributed by atoms with Gasteiger partial charge in [-0.1, -0.05) is 20.8 Å². The smallest absolute Gasteiger partial charge is 0.306 e. The molecule has 0 amide bonds. The summed E-state index contributed by atoms with van der Waals surface area (Å²) in [6.07, 6.45) is 5.01. The van der Waals surface area contributed by atoms with E-state index in [9.17, 15) is 4.79 Å². The average molecular weight is 321 g/mol. The van der Waals surface area contributed by atoms with Gasteiger partial charge in [-0.05, 0) is 19.3 Å². The number of hydrogen-bond acceptors (Lipinski definition) is 4. The van der Waals surface area contributed by atoms with Crippen LogP contribution < -0.4 is 0 Å². The van der Waals surface area contributed by atoms with E-state index in [1.165, 1.54) is 12.0 Å². The van der Waals surface area contributed by atoms with Gasteiger partial charge in [0, 0.05) is 36.3 Å². The van der Waals surface area contributed by atoms with Crippen LogP contribution in [0.5, 0.6) is 0 Å². The molecule has 2 fully saturated rings. The lowest BCUT2D eigenvalue weighted by Gasteiger charge is -2.51. The predicted octanol–water partition coefficient (Wildman–Crippen LogP) is 2.31. The molecule has 0 bridgehead atoms. The van der Waals surface area contributed by atoms with E-state index in [0.29, 0.717) is 6.54 Å². The number of morpholine rings is 1. The molecule has 1 saturated heterocycles. The lowest BCUT2D eigenvalue weighted by atomic mass is 9.78. The molecule has 1 spiro atoms. The SMILES string of the molecule is CC(C)(C)c1[nH]ncc1CN1CC(CC(=O)O)OC2(CCC2)C1. The molecule has 3 rings (SSSR count). The molecule has 6 nitrogen and oxygen atoms in total. The minimum Gasteiger partial charge on any atom is -0.481 e. The molecule has 23 heavy (non-hydrogen) atoms. The van der Waals surface area contributed by atoms with Crippen molar-refractivity contribution in [1.29, 1.82) is 0 Å². The molecule has 1 aliphatic carbocycles. The molecule has 0 radical (unpaired) electrons. The predicted molar refractivity (Wildman–Crippen MR) is 86.3 cm³/mol. The van der Waals surface area contributed by atoms with Crippen LogP contribution >= 0.6 is 0 Å². The lowest BCUT2D eigenvalue weighted by molar-refractivity contribution is -0.196. The van der Waals surface area contributed by atoms with Crippen LogP contribution in [-0.2, 0) is 21.5 Å². The largest absolute Gasteiger partial charge is 0.481 e. The van der Waals surface area contributed by atoms with E-state index in [-0.39, 0.29) is 23.5 Å². The van der Waals surface area contributed by atoms with Crippen LogP contribution in [-0.4, -0.2) is 51.0 Å². The Hall–Kier alpha value is -1.40. The van der Waals surface area contributed by atoms with Crippen LogP contribution in [0.25, 0.3) is 0 Å². The van der Waals surface area contributed by atoms with Gasteiger partial charge in [0.05, 0.1) is 24.3 Å². The van der Waals surface area contributed by atoms with Crippen LogP contribution in [0.15, 0.2) is 6.20 Å². The molecular weight excluding hydrogens is 294 g/mol. The molecule has 2 N–H and O–H groups in total. The molecule has 1 atom stereocenters. The number of nitrogens with zero attached hydrogens (tertiary/aromatic N) is 2. The number of hydrogen-bond donors (Lipinski definition) is 2. The van der Waals surface area contributed by atoms with Crippen molar-refractivity contribution >= 4 is 5.97 Å². The third-order valence-corrected chi connectivity index (χ3v) is 4.92. The third-order valence-electron chi connectivity index (χ3n) is 4.92. The topological polar surface area (TPSA) is 78.5 Å². The van der Waals surface area contributed by atoms with Crippen LogP contribution in [0, 0.1) is 0 Å². The Bertz CT molecular complexity index is 572. The van der Waals surface area contributed by atoms with E-state index < -0.39 is 5.97 Å². The number of rotatable bonds is 4. The Morgan fingerprint density at radius 1 is 1.52 bits per heavy atom. The van der Waals surface area contributed by atoms with Crippen LogP contribution in [0.2, 0.25) is 0 Å². The summed E-state index contributed by atoms with van der Waals surface area (Å²) in [7, 11) is 0. The molecule has 1 unspecified atom stereocenters. The van der Waals surface area contributed by atoms with Crippen molar-refractivity contribution in [3.63, 3.8) is 0 Å². The van der Waals surface area contributed by atoms with Gasteiger partial charge in [0.25, 0.3) is 0 Å². The number of H-pyrrole nitrogens is 1. The zero-order chi connectivity index (χ0) is 16.7. The van der Waals surface area contributed by atoms with Crippen LogP contribution in [0.4, 0.5) is 0 Å². The van der Waals surface area contributed by atoms with E-state index in [0.717, 1.165) is 31.6 Å². The van der Waals surface area contributed by atoms with Crippen molar-refractivity contribution in [2.75, 3.05) is 13.1 Å². The summed E-state index contributed by atoms with van der Waals surface area (Å²) in [4.78, 5) is 13.4. The highest BCUT2D eigenvalue weighted by Gasteiger charge is 2.45. The summed E-state index contributed by atoms with van der Waals surface area (Å²) in [6.45, 7) is 8.86. The molecule has 2 heterocycles. The maximum atomic E-state index is 11.1. The summed E-state index contributed by atoms with van der Waals surface area (Å²) < 4.78 is 6.12. The first-order valence-corrected chi connectivity index (χ1v) is 8.42. The van der Waals surface area contributed by atoms with Gasteiger partial charge in [0.1, 0.15) is 0 Å². The van der Waals surface area contributed by atoms with Gasteiger partial charge in [0.15, 0.2) is 0 Å². The standard InChI is InChI=1S/C17H27N3O3/c1-16(2,3)15-12(8-18-19-15)9-20-10-13(7-14(21)22)23-17(11-20)5-4-6-17/h8,13H,4-7,9-11H2,1-3H3,(H,18,19)(H,21,22). The number of aliphatic carboxylic acids is 1. The number of ether oxygens (including phenoxy) is 1. The second kappa shape index (κ2) is 5.91. The Balaban J connectivity index is 1.74. The second-order valence-corrected chi connectivity index (χ2v) is 8.06. The first kappa shape index (κ1) is 16.5. The molecule has 6 heteroatoms. The van der Waals surface area contributed by atoms with Gasteiger partial charge in [0.2, 0.25) is 0 Å².